The van der Waals surface area contributed by atoms with Crippen LogP contribution >= 0.6 is 7.14 Å². The van der Waals surface area contributed by atoms with Crippen molar-refractivity contribution in [3.63, 3.8) is 0 Å². The minimum atomic E-state index is -2.41. The number of aryl methyl sites for hydroxylation is 1. The van der Waals surface area contributed by atoms with E-state index < -0.39 is 7.14 Å². The fraction of sp³-hybridized carbons (Fsp3) is 0.188. The summed E-state index contributed by atoms with van der Waals surface area (Å²) >= 11 is 0. The van der Waals surface area contributed by atoms with Crippen LogP contribution in [-0.2, 0) is 11.6 Å². The molecule has 1 aromatic carbocycles. The highest BCUT2D eigenvalue weighted by Crippen LogP contribution is 2.39. The lowest BCUT2D eigenvalue weighted by atomic mass is 10.1. The molecule has 108 valence electrons. The summed E-state index contributed by atoms with van der Waals surface area (Å²) in [6, 6.07) is 9.67. The van der Waals surface area contributed by atoms with Gasteiger partial charge in [0.25, 0.3) is 0 Å². The summed E-state index contributed by atoms with van der Waals surface area (Å²) in [5, 5.41) is 0.730. The van der Waals surface area contributed by atoms with Crippen LogP contribution in [-0.4, -0.2) is 22.9 Å². The molecule has 21 heavy (non-hydrogen) atoms. The zero-order chi connectivity index (χ0) is 15.2. The first-order valence-corrected chi connectivity index (χ1v) is 9.33. The van der Waals surface area contributed by atoms with Crippen LogP contribution in [0, 0.1) is 0 Å². The Balaban J connectivity index is 2.27. The highest BCUT2D eigenvalue weighted by molar-refractivity contribution is 7.70. The Labute approximate surface area is 124 Å². The minimum absolute atomic E-state index is 0.584. The topological polar surface area (TPSA) is 60.9 Å². The smallest absolute Gasteiger partial charge is 0.111 e. The van der Waals surface area contributed by atoms with Gasteiger partial charge in [-0.2, -0.15) is 0 Å². The van der Waals surface area contributed by atoms with Crippen LogP contribution in [0.4, 0.5) is 5.69 Å². The van der Waals surface area contributed by atoms with E-state index >= 15 is 0 Å². The number of anilines is 1. The molecular weight excluding hydrogens is 281 g/mol. The van der Waals surface area contributed by atoms with E-state index in [-0.39, 0.29) is 0 Å². The molecule has 0 fully saturated rings. The van der Waals surface area contributed by atoms with Crippen LogP contribution in [0.25, 0.3) is 22.2 Å². The molecule has 0 spiro atoms. The maximum atomic E-state index is 12.4. The standard InChI is InChI=1S/C16H18N3OP/c1-19-10-12(16-14(19)5-4-8-18-16)11-6-7-13(17)15(9-11)21(2,3)20/h4-10H,17H2,1-3H3. The zero-order valence-electron chi connectivity index (χ0n) is 12.4. The fourth-order valence-electron chi connectivity index (χ4n) is 2.60. The number of nitrogen functional groups attached to an aromatic ring is 1. The Bertz CT molecular complexity index is 876. The van der Waals surface area contributed by atoms with Gasteiger partial charge in [-0.15, -0.1) is 0 Å². The molecule has 0 saturated heterocycles. The molecule has 2 aromatic heterocycles. The number of hydrogen-bond acceptors (Lipinski definition) is 3. The van der Waals surface area contributed by atoms with E-state index in [1.165, 1.54) is 0 Å². The van der Waals surface area contributed by atoms with Crippen molar-refractivity contribution in [2.45, 2.75) is 0 Å². The van der Waals surface area contributed by atoms with Crippen LogP contribution in [0.15, 0.2) is 42.7 Å². The van der Waals surface area contributed by atoms with Crippen molar-refractivity contribution in [1.29, 1.82) is 0 Å². The number of fused-ring (bicyclic) bond motifs is 1. The predicted molar refractivity (Wildman–Crippen MR) is 89.7 cm³/mol. The lowest BCUT2D eigenvalue weighted by molar-refractivity contribution is 0.588. The van der Waals surface area contributed by atoms with Gasteiger partial charge in [-0.05, 0) is 43.2 Å². The van der Waals surface area contributed by atoms with E-state index in [9.17, 15) is 4.57 Å². The zero-order valence-corrected chi connectivity index (χ0v) is 13.3. The van der Waals surface area contributed by atoms with Gasteiger partial charge in [-0.3, -0.25) is 4.98 Å². The van der Waals surface area contributed by atoms with E-state index in [0.29, 0.717) is 5.69 Å². The third kappa shape index (κ3) is 2.36. The third-order valence-corrected chi connectivity index (χ3v) is 5.21. The number of rotatable bonds is 2. The van der Waals surface area contributed by atoms with Crippen LogP contribution in [0.3, 0.4) is 0 Å². The first-order chi connectivity index (χ1) is 9.88. The molecule has 2 heterocycles. The van der Waals surface area contributed by atoms with E-state index in [2.05, 4.69) is 4.98 Å². The molecule has 2 N–H and O–H groups in total. The summed E-state index contributed by atoms with van der Waals surface area (Å²) in [4.78, 5) is 4.47. The molecule has 0 aliphatic heterocycles. The normalized spacial score (nSPS) is 12.0. The van der Waals surface area contributed by atoms with Crippen LogP contribution in [0.2, 0.25) is 0 Å². The van der Waals surface area contributed by atoms with Gasteiger partial charge in [0.2, 0.25) is 0 Å². The second-order valence-electron chi connectivity index (χ2n) is 5.65. The summed E-state index contributed by atoms with van der Waals surface area (Å²) in [6.07, 6.45) is 3.83. The average molecular weight is 299 g/mol. The van der Waals surface area contributed by atoms with Crippen LogP contribution < -0.4 is 11.0 Å². The van der Waals surface area contributed by atoms with Crippen LogP contribution in [0.5, 0.6) is 0 Å². The van der Waals surface area contributed by atoms with Crippen LogP contribution in [0.1, 0.15) is 0 Å². The van der Waals surface area contributed by atoms with Crippen molar-refractivity contribution in [2.75, 3.05) is 19.1 Å². The minimum Gasteiger partial charge on any atom is -0.398 e. The Morgan fingerprint density at radius 3 is 2.71 bits per heavy atom. The number of benzene rings is 1. The number of nitrogens with zero attached hydrogens (tertiary/aromatic N) is 2. The maximum absolute atomic E-state index is 12.4. The SMILES string of the molecule is Cn1cc(-c2ccc(N)c(P(C)(C)=O)c2)c2ncccc21. The second kappa shape index (κ2) is 4.74. The van der Waals surface area contributed by atoms with Gasteiger partial charge in [0.15, 0.2) is 0 Å². The molecule has 0 saturated carbocycles. The van der Waals surface area contributed by atoms with Crippen molar-refractivity contribution in [1.82, 2.24) is 9.55 Å². The summed E-state index contributed by atoms with van der Waals surface area (Å²) in [5.74, 6) is 0. The lowest BCUT2D eigenvalue weighted by Gasteiger charge is -2.12. The molecule has 0 unspecified atom stereocenters. The molecule has 3 aromatic rings. The average Bonchev–Trinajstić information content (AvgIpc) is 2.76. The van der Waals surface area contributed by atoms with E-state index in [1.54, 1.807) is 19.5 Å². The predicted octanol–water partition coefficient (Wildman–Crippen LogP) is 3.07. The largest absolute Gasteiger partial charge is 0.398 e. The van der Waals surface area contributed by atoms with Crippen molar-refractivity contribution in [2.24, 2.45) is 7.05 Å². The number of aromatic nitrogens is 2. The maximum Gasteiger partial charge on any atom is 0.111 e. The second-order valence-corrected chi connectivity index (χ2v) is 8.83. The molecule has 0 bridgehead atoms. The van der Waals surface area contributed by atoms with Gasteiger partial charge < -0.3 is 14.9 Å². The summed E-state index contributed by atoms with van der Waals surface area (Å²) < 4.78 is 14.4. The monoisotopic (exact) mass is 299 g/mol. The molecule has 0 aliphatic rings. The molecule has 5 heteroatoms. The molecular formula is C16H18N3OP. The molecule has 0 radical (unpaired) electrons. The van der Waals surface area contributed by atoms with Crippen molar-refractivity contribution in [3.05, 3.63) is 42.7 Å². The molecule has 0 aliphatic carbocycles. The van der Waals surface area contributed by atoms with Gasteiger partial charge in [0, 0.05) is 36.0 Å². The van der Waals surface area contributed by atoms with E-state index in [1.807, 2.05) is 48.1 Å². The number of hydrogen-bond donors (Lipinski definition) is 1. The van der Waals surface area contributed by atoms with Crippen molar-refractivity contribution in [3.8, 4) is 11.1 Å². The number of pyridine rings is 1. The first kappa shape index (κ1) is 13.9. The lowest BCUT2D eigenvalue weighted by Crippen LogP contribution is -2.09. The summed E-state index contributed by atoms with van der Waals surface area (Å²) in [5.41, 5.74) is 10.6. The summed E-state index contributed by atoms with van der Waals surface area (Å²) in [6.45, 7) is 3.48. The van der Waals surface area contributed by atoms with Crippen molar-refractivity contribution < 1.29 is 4.57 Å². The Morgan fingerprint density at radius 2 is 2.00 bits per heavy atom. The quantitative estimate of drug-likeness (QED) is 0.584. The Kier molecular flexibility index (Phi) is 3.14. The van der Waals surface area contributed by atoms with Gasteiger partial charge in [-0.1, -0.05) is 6.07 Å². The molecule has 0 amide bonds. The first-order valence-electron chi connectivity index (χ1n) is 6.73. The van der Waals surface area contributed by atoms with Gasteiger partial charge >= 0.3 is 0 Å². The highest BCUT2D eigenvalue weighted by atomic mass is 31.2. The molecule has 0 atom stereocenters. The molecule has 3 rings (SSSR count). The van der Waals surface area contributed by atoms with Gasteiger partial charge in [-0.25, -0.2) is 0 Å². The third-order valence-electron chi connectivity index (χ3n) is 3.67. The fourth-order valence-corrected chi connectivity index (χ4v) is 3.75. The van der Waals surface area contributed by atoms with E-state index in [0.717, 1.165) is 27.5 Å². The van der Waals surface area contributed by atoms with Crippen molar-refractivity contribution >= 4 is 29.2 Å². The summed E-state index contributed by atoms with van der Waals surface area (Å²) in [7, 11) is -0.413. The Hall–Kier alpha value is -2.06. The number of nitrogens with two attached hydrogens (primary N) is 1. The van der Waals surface area contributed by atoms with Gasteiger partial charge in [0.1, 0.15) is 7.14 Å². The van der Waals surface area contributed by atoms with Gasteiger partial charge in [0.05, 0.1) is 11.0 Å². The molecule has 4 nitrogen and oxygen atoms in total. The highest BCUT2D eigenvalue weighted by Gasteiger charge is 2.17. The van der Waals surface area contributed by atoms with E-state index in [4.69, 9.17) is 5.73 Å². The Morgan fingerprint density at radius 1 is 1.24 bits per heavy atom.